The zero-order valence-electron chi connectivity index (χ0n) is 7.33. The molecular weight excluding hydrogens is 206 g/mol. The van der Waals surface area contributed by atoms with E-state index in [1.807, 2.05) is 6.07 Å². The summed E-state index contributed by atoms with van der Waals surface area (Å²) in [5.74, 6) is 0.642. The van der Waals surface area contributed by atoms with Gasteiger partial charge in [0, 0.05) is 16.3 Å². The summed E-state index contributed by atoms with van der Waals surface area (Å²) in [6.45, 7) is 1.75. The summed E-state index contributed by atoms with van der Waals surface area (Å²) in [4.78, 5) is 0.955. The van der Waals surface area contributed by atoms with Crippen molar-refractivity contribution in [3.8, 4) is 0 Å². The molecule has 1 aromatic carbocycles. The number of aliphatic hydroxyl groups excluding tert-OH is 1. The maximum absolute atomic E-state index is 9.07. The summed E-state index contributed by atoms with van der Waals surface area (Å²) in [7, 11) is 0. The average molecular weight is 218 g/mol. The number of rotatable bonds is 3. The average Bonchev–Trinajstić information content (AvgIpc) is 2.02. The van der Waals surface area contributed by atoms with Crippen molar-refractivity contribution in [1.29, 1.82) is 0 Å². The van der Waals surface area contributed by atoms with Crippen LogP contribution in [0.15, 0.2) is 23.1 Å². The van der Waals surface area contributed by atoms with Gasteiger partial charge in [-0.05, 0) is 25.1 Å². The van der Waals surface area contributed by atoms with Gasteiger partial charge in [0.15, 0.2) is 0 Å². The number of thioether (sulfide) groups is 1. The molecule has 1 atom stereocenters. The molecule has 0 saturated carbocycles. The van der Waals surface area contributed by atoms with Crippen molar-refractivity contribution in [3.05, 3.63) is 23.2 Å². The fourth-order valence-electron chi connectivity index (χ4n) is 0.845. The summed E-state index contributed by atoms with van der Waals surface area (Å²) in [6, 6.07) is 5.38. The van der Waals surface area contributed by atoms with Crippen LogP contribution < -0.4 is 5.73 Å². The van der Waals surface area contributed by atoms with E-state index in [1.54, 1.807) is 19.1 Å². The van der Waals surface area contributed by atoms with E-state index >= 15 is 0 Å². The maximum atomic E-state index is 9.07. The lowest BCUT2D eigenvalue weighted by atomic mass is 10.3. The molecule has 13 heavy (non-hydrogen) atoms. The van der Waals surface area contributed by atoms with Crippen LogP contribution in [0.5, 0.6) is 0 Å². The molecule has 0 aliphatic carbocycles. The summed E-state index contributed by atoms with van der Waals surface area (Å²) in [5.41, 5.74) is 6.20. The molecule has 1 aromatic rings. The topological polar surface area (TPSA) is 46.2 Å². The van der Waals surface area contributed by atoms with Crippen molar-refractivity contribution in [2.45, 2.75) is 17.9 Å². The van der Waals surface area contributed by atoms with Gasteiger partial charge in [0.1, 0.15) is 0 Å². The number of benzene rings is 1. The first kappa shape index (κ1) is 10.7. The Labute approximate surface area is 87.1 Å². The summed E-state index contributed by atoms with van der Waals surface area (Å²) >= 11 is 7.46. The molecule has 0 saturated heterocycles. The molecule has 0 amide bonds. The largest absolute Gasteiger partial charge is 0.399 e. The van der Waals surface area contributed by atoms with E-state index in [-0.39, 0.29) is 6.10 Å². The van der Waals surface area contributed by atoms with Gasteiger partial charge in [-0.2, -0.15) is 0 Å². The summed E-state index contributed by atoms with van der Waals surface area (Å²) in [6.07, 6.45) is -0.321. The number of hydrogen-bond acceptors (Lipinski definition) is 3. The van der Waals surface area contributed by atoms with Crippen molar-refractivity contribution in [3.63, 3.8) is 0 Å². The van der Waals surface area contributed by atoms with E-state index in [4.69, 9.17) is 22.4 Å². The fraction of sp³-hybridized carbons (Fsp3) is 0.333. The Bertz CT molecular complexity index is 291. The number of nitrogens with two attached hydrogens (primary N) is 1. The van der Waals surface area contributed by atoms with Crippen LogP contribution in [0.25, 0.3) is 0 Å². The predicted octanol–water partition coefficient (Wildman–Crippen LogP) is 2.40. The second-order valence-electron chi connectivity index (χ2n) is 2.85. The number of nitrogen functional groups attached to an aromatic ring is 1. The van der Waals surface area contributed by atoms with Crippen LogP contribution in [-0.4, -0.2) is 17.0 Å². The van der Waals surface area contributed by atoms with E-state index in [2.05, 4.69) is 0 Å². The molecule has 1 unspecified atom stereocenters. The molecule has 0 fully saturated rings. The second kappa shape index (κ2) is 4.74. The first-order valence-corrected chi connectivity index (χ1v) is 5.32. The zero-order valence-corrected chi connectivity index (χ0v) is 8.90. The molecule has 4 heteroatoms. The predicted molar refractivity (Wildman–Crippen MR) is 58.3 cm³/mol. The van der Waals surface area contributed by atoms with Crippen LogP contribution >= 0.6 is 23.4 Å². The Morgan fingerprint density at radius 2 is 2.31 bits per heavy atom. The molecule has 2 nitrogen and oxygen atoms in total. The van der Waals surface area contributed by atoms with E-state index < -0.39 is 0 Å². The Kier molecular flexibility index (Phi) is 3.90. The molecule has 0 aliphatic rings. The normalized spacial score (nSPS) is 12.8. The van der Waals surface area contributed by atoms with Gasteiger partial charge in [0.05, 0.1) is 11.1 Å². The minimum atomic E-state index is -0.321. The fourth-order valence-corrected chi connectivity index (χ4v) is 1.98. The third-order valence-corrected chi connectivity index (χ3v) is 3.18. The standard InChI is InChI=1S/C9H12ClNOS/c1-6(12)5-13-9-3-2-7(11)4-8(9)10/h2-4,6,12H,5,11H2,1H3. The van der Waals surface area contributed by atoms with E-state index in [9.17, 15) is 0 Å². The van der Waals surface area contributed by atoms with Gasteiger partial charge in [-0.3, -0.25) is 0 Å². The van der Waals surface area contributed by atoms with Crippen molar-refractivity contribution < 1.29 is 5.11 Å². The maximum Gasteiger partial charge on any atom is 0.0606 e. The van der Waals surface area contributed by atoms with Crippen LogP contribution in [0.3, 0.4) is 0 Å². The molecule has 0 spiro atoms. The molecule has 0 bridgehead atoms. The van der Waals surface area contributed by atoms with Gasteiger partial charge in [-0.15, -0.1) is 11.8 Å². The Morgan fingerprint density at radius 1 is 1.62 bits per heavy atom. The number of aliphatic hydroxyl groups is 1. The van der Waals surface area contributed by atoms with Crippen LogP contribution in [0.1, 0.15) is 6.92 Å². The van der Waals surface area contributed by atoms with Crippen molar-refractivity contribution in [2.24, 2.45) is 0 Å². The highest BCUT2D eigenvalue weighted by atomic mass is 35.5. The number of hydrogen-bond donors (Lipinski definition) is 2. The molecule has 3 N–H and O–H groups in total. The van der Waals surface area contributed by atoms with E-state index in [0.717, 1.165) is 4.90 Å². The Morgan fingerprint density at radius 3 is 2.85 bits per heavy atom. The molecular formula is C9H12ClNOS. The van der Waals surface area contributed by atoms with Gasteiger partial charge >= 0.3 is 0 Å². The molecule has 0 aromatic heterocycles. The molecule has 1 rings (SSSR count). The van der Waals surface area contributed by atoms with E-state index in [1.165, 1.54) is 11.8 Å². The zero-order chi connectivity index (χ0) is 9.84. The lowest BCUT2D eigenvalue weighted by Crippen LogP contribution is -2.02. The smallest absolute Gasteiger partial charge is 0.0606 e. The van der Waals surface area contributed by atoms with Gasteiger partial charge in [0.25, 0.3) is 0 Å². The molecule has 0 aliphatic heterocycles. The second-order valence-corrected chi connectivity index (χ2v) is 4.32. The Balaban J connectivity index is 2.67. The third-order valence-electron chi connectivity index (χ3n) is 1.44. The minimum Gasteiger partial charge on any atom is -0.399 e. The monoisotopic (exact) mass is 217 g/mol. The van der Waals surface area contributed by atoms with Crippen molar-refractivity contribution in [2.75, 3.05) is 11.5 Å². The minimum absolute atomic E-state index is 0.321. The lowest BCUT2D eigenvalue weighted by molar-refractivity contribution is 0.220. The van der Waals surface area contributed by atoms with Crippen LogP contribution in [-0.2, 0) is 0 Å². The SMILES string of the molecule is CC(O)CSc1ccc(N)cc1Cl. The molecule has 0 heterocycles. The van der Waals surface area contributed by atoms with Crippen LogP contribution in [0.2, 0.25) is 5.02 Å². The van der Waals surface area contributed by atoms with Crippen molar-refractivity contribution >= 4 is 29.1 Å². The highest BCUT2D eigenvalue weighted by Gasteiger charge is 2.03. The highest BCUT2D eigenvalue weighted by Crippen LogP contribution is 2.28. The van der Waals surface area contributed by atoms with Gasteiger partial charge in [-0.1, -0.05) is 11.6 Å². The van der Waals surface area contributed by atoms with Gasteiger partial charge in [-0.25, -0.2) is 0 Å². The number of halogens is 1. The number of anilines is 1. The lowest BCUT2D eigenvalue weighted by Gasteiger charge is -2.06. The third kappa shape index (κ3) is 3.46. The highest BCUT2D eigenvalue weighted by molar-refractivity contribution is 7.99. The van der Waals surface area contributed by atoms with Crippen LogP contribution in [0, 0.1) is 0 Å². The van der Waals surface area contributed by atoms with Crippen LogP contribution in [0.4, 0.5) is 5.69 Å². The van der Waals surface area contributed by atoms with Gasteiger partial charge < -0.3 is 10.8 Å². The van der Waals surface area contributed by atoms with Gasteiger partial charge in [0.2, 0.25) is 0 Å². The first-order valence-electron chi connectivity index (χ1n) is 3.95. The van der Waals surface area contributed by atoms with Crippen molar-refractivity contribution in [1.82, 2.24) is 0 Å². The molecule has 72 valence electrons. The summed E-state index contributed by atoms with van der Waals surface area (Å²) in [5, 5.41) is 9.71. The first-order chi connectivity index (χ1) is 6.09. The van der Waals surface area contributed by atoms with E-state index in [0.29, 0.717) is 16.5 Å². The quantitative estimate of drug-likeness (QED) is 0.604. The summed E-state index contributed by atoms with van der Waals surface area (Å²) < 4.78 is 0. The Hall–Kier alpha value is -0.380. The molecule has 0 radical (unpaired) electrons.